The topological polar surface area (TPSA) is 36.1 Å². The number of aromatic amines is 1. The Balaban J connectivity index is 1.70. The van der Waals surface area contributed by atoms with Gasteiger partial charge in [-0.3, -0.25) is 4.79 Å². The van der Waals surface area contributed by atoms with Gasteiger partial charge in [-0.15, -0.1) is 0 Å². The Labute approximate surface area is 142 Å². The van der Waals surface area contributed by atoms with Gasteiger partial charge in [0.25, 0.3) is 0 Å². The number of hydrogen-bond donors (Lipinski definition) is 1. The van der Waals surface area contributed by atoms with E-state index in [1.165, 1.54) is 16.5 Å². The molecule has 0 saturated heterocycles. The predicted molar refractivity (Wildman–Crippen MR) is 98.6 cm³/mol. The van der Waals surface area contributed by atoms with E-state index in [2.05, 4.69) is 56.1 Å². The van der Waals surface area contributed by atoms with Crippen molar-refractivity contribution in [2.75, 3.05) is 4.90 Å². The summed E-state index contributed by atoms with van der Waals surface area (Å²) in [5.74, 6) is 0.179. The van der Waals surface area contributed by atoms with Crippen LogP contribution in [0.15, 0.2) is 42.5 Å². The number of carbonyl (C=O) groups is 1. The van der Waals surface area contributed by atoms with Gasteiger partial charge < -0.3 is 9.88 Å². The second-order valence-electron chi connectivity index (χ2n) is 6.90. The number of aryl methyl sites for hydroxylation is 2. The average Bonchev–Trinajstić information content (AvgIpc) is 3.04. The molecule has 1 N–H and O–H groups in total. The summed E-state index contributed by atoms with van der Waals surface area (Å²) in [6.45, 7) is 6.27. The normalized spacial score (nSPS) is 16.6. The van der Waals surface area contributed by atoms with Gasteiger partial charge >= 0.3 is 0 Å². The van der Waals surface area contributed by atoms with Crippen LogP contribution in [0.3, 0.4) is 0 Å². The van der Waals surface area contributed by atoms with Gasteiger partial charge in [-0.1, -0.05) is 29.8 Å². The lowest BCUT2D eigenvalue weighted by molar-refractivity contribution is -0.118. The van der Waals surface area contributed by atoms with Crippen LogP contribution < -0.4 is 4.90 Å². The molecular formula is C21H22N2O. The largest absolute Gasteiger partial charge is 0.358 e. The molecule has 3 heteroatoms. The molecule has 1 amide bonds. The maximum atomic E-state index is 13.1. The van der Waals surface area contributed by atoms with E-state index in [1.54, 1.807) is 0 Å². The lowest BCUT2D eigenvalue weighted by Gasteiger charge is -2.23. The maximum absolute atomic E-state index is 13.1. The highest BCUT2D eigenvalue weighted by atomic mass is 16.2. The number of para-hydroxylation sites is 1. The first kappa shape index (κ1) is 15.0. The minimum atomic E-state index is 0.179. The zero-order valence-electron chi connectivity index (χ0n) is 14.4. The number of nitrogens with zero attached hydrogens (tertiary/aromatic N) is 1. The molecule has 1 aliphatic heterocycles. The smallest absolute Gasteiger partial charge is 0.231 e. The minimum absolute atomic E-state index is 0.179. The van der Waals surface area contributed by atoms with E-state index in [-0.39, 0.29) is 11.9 Å². The lowest BCUT2D eigenvalue weighted by Crippen LogP contribution is -2.36. The fraction of sp³-hybridized carbons (Fsp3) is 0.286. The van der Waals surface area contributed by atoms with Crippen molar-refractivity contribution in [1.29, 1.82) is 0 Å². The zero-order chi connectivity index (χ0) is 16.8. The molecule has 0 bridgehead atoms. The number of fused-ring (bicyclic) bond motifs is 2. The summed E-state index contributed by atoms with van der Waals surface area (Å²) in [4.78, 5) is 18.5. The number of benzene rings is 2. The molecule has 0 radical (unpaired) electrons. The third kappa shape index (κ3) is 2.32. The van der Waals surface area contributed by atoms with Crippen LogP contribution in [0.4, 0.5) is 5.69 Å². The number of carbonyl (C=O) groups excluding carboxylic acids is 1. The average molecular weight is 318 g/mol. The summed E-state index contributed by atoms with van der Waals surface area (Å²) in [6.07, 6.45) is 1.38. The van der Waals surface area contributed by atoms with Gasteiger partial charge in [0.1, 0.15) is 0 Å². The molecule has 2 heterocycles. The molecule has 3 nitrogen and oxygen atoms in total. The Kier molecular flexibility index (Phi) is 3.45. The number of aromatic nitrogens is 1. The molecule has 0 spiro atoms. The summed E-state index contributed by atoms with van der Waals surface area (Å²) in [7, 11) is 0. The van der Waals surface area contributed by atoms with E-state index in [9.17, 15) is 4.79 Å². The van der Waals surface area contributed by atoms with Crippen LogP contribution in [0.2, 0.25) is 0 Å². The van der Waals surface area contributed by atoms with E-state index in [0.717, 1.165) is 28.9 Å². The van der Waals surface area contributed by atoms with Gasteiger partial charge in [0.15, 0.2) is 0 Å². The minimum Gasteiger partial charge on any atom is -0.358 e. The number of hydrogen-bond acceptors (Lipinski definition) is 1. The molecule has 0 aliphatic carbocycles. The van der Waals surface area contributed by atoms with Crippen molar-refractivity contribution in [2.24, 2.45) is 0 Å². The van der Waals surface area contributed by atoms with Crippen molar-refractivity contribution in [2.45, 2.75) is 39.7 Å². The Bertz CT molecular complexity index is 938. The van der Waals surface area contributed by atoms with Crippen LogP contribution >= 0.6 is 0 Å². The maximum Gasteiger partial charge on any atom is 0.231 e. The molecule has 1 unspecified atom stereocenters. The van der Waals surface area contributed by atoms with Gasteiger partial charge in [0.2, 0.25) is 5.91 Å². The highest BCUT2D eigenvalue weighted by Gasteiger charge is 2.31. The molecule has 1 aliphatic rings. The van der Waals surface area contributed by atoms with Gasteiger partial charge in [0.05, 0.1) is 6.42 Å². The SMILES string of the molecule is Cc1ccc2[nH]c(C)c(CC(=O)N3c4ccccc4CC3C)c2c1. The molecule has 122 valence electrons. The number of amides is 1. The van der Waals surface area contributed by atoms with Crippen LogP contribution in [-0.4, -0.2) is 16.9 Å². The summed E-state index contributed by atoms with van der Waals surface area (Å²) in [5, 5.41) is 1.17. The first-order valence-electron chi connectivity index (χ1n) is 8.52. The number of H-pyrrole nitrogens is 1. The Morgan fingerprint density at radius 2 is 2.00 bits per heavy atom. The van der Waals surface area contributed by atoms with Crippen molar-refractivity contribution in [1.82, 2.24) is 4.98 Å². The first-order chi connectivity index (χ1) is 11.5. The summed E-state index contributed by atoms with van der Waals surface area (Å²) in [6, 6.07) is 14.8. The molecule has 0 fully saturated rings. The van der Waals surface area contributed by atoms with Crippen LogP contribution in [-0.2, 0) is 17.6 Å². The van der Waals surface area contributed by atoms with Crippen molar-refractivity contribution < 1.29 is 4.79 Å². The molecule has 0 saturated carbocycles. The van der Waals surface area contributed by atoms with Crippen molar-refractivity contribution in [3.05, 3.63) is 64.8 Å². The summed E-state index contributed by atoms with van der Waals surface area (Å²) >= 11 is 0. The molecular weight excluding hydrogens is 296 g/mol. The number of anilines is 1. The van der Waals surface area contributed by atoms with E-state index in [1.807, 2.05) is 17.0 Å². The van der Waals surface area contributed by atoms with Crippen LogP contribution in [0.5, 0.6) is 0 Å². The molecule has 1 aromatic heterocycles. The second-order valence-corrected chi connectivity index (χ2v) is 6.90. The van der Waals surface area contributed by atoms with E-state index in [4.69, 9.17) is 0 Å². The van der Waals surface area contributed by atoms with Gasteiger partial charge in [-0.2, -0.15) is 0 Å². The van der Waals surface area contributed by atoms with Crippen molar-refractivity contribution in [3.8, 4) is 0 Å². The highest BCUT2D eigenvalue weighted by Crippen LogP contribution is 2.33. The molecule has 24 heavy (non-hydrogen) atoms. The Morgan fingerprint density at radius 1 is 1.21 bits per heavy atom. The third-order valence-corrected chi connectivity index (χ3v) is 5.08. The predicted octanol–water partition coefficient (Wildman–Crippen LogP) is 4.31. The summed E-state index contributed by atoms with van der Waals surface area (Å²) in [5.41, 5.74) is 6.87. The molecule has 2 aromatic carbocycles. The first-order valence-corrected chi connectivity index (χ1v) is 8.52. The van der Waals surface area contributed by atoms with E-state index >= 15 is 0 Å². The van der Waals surface area contributed by atoms with Crippen LogP contribution in [0.1, 0.15) is 29.3 Å². The Hall–Kier alpha value is -2.55. The van der Waals surface area contributed by atoms with E-state index in [0.29, 0.717) is 6.42 Å². The second kappa shape index (κ2) is 5.52. The Morgan fingerprint density at radius 3 is 2.83 bits per heavy atom. The zero-order valence-corrected chi connectivity index (χ0v) is 14.4. The third-order valence-electron chi connectivity index (χ3n) is 5.08. The number of nitrogens with one attached hydrogen (secondary N) is 1. The van der Waals surface area contributed by atoms with Crippen LogP contribution in [0, 0.1) is 13.8 Å². The fourth-order valence-corrected chi connectivity index (χ4v) is 3.91. The quantitative estimate of drug-likeness (QED) is 0.751. The van der Waals surface area contributed by atoms with Gasteiger partial charge in [0, 0.05) is 28.3 Å². The van der Waals surface area contributed by atoms with Gasteiger partial charge in [-0.05, 0) is 56.5 Å². The monoisotopic (exact) mass is 318 g/mol. The van der Waals surface area contributed by atoms with E-state index < -0.39 is 0 Å². The molecule has 1 atom stereocenters. The highest BCUT2D eigenvalue weighted by molar-refractivity contribution is 6.00. The number of rotatable bonds is 2. The van der Waals surface area contributed by atoms with Crippen molar-refractivity contribution >= 4 is 22.5 Å². The summed E-state index contributed by atoms with van der Waals surface area (Å²) < 4.78 is 0. The standard InChI is InChI=1S/C21H22N2O/c1-13-8-9-19-18(10-13)17(15(3)22-19)12-21(24)23-14(2)11-16-6-4-5-7-20(16)23/h4-10,14,22H,11-12H2,1-3H3. The van der Waals surface area contributed by atoms with Gasteiger partial charge in [-0.25, -0.2) is 0 Å². The fourth-order valence-electron chi connectivity index (χ4n) is 3.91. The lowest BCUT2D eigenvalue weighted by atomic mass is 10.0. The molecule has 3 aromatic rings. The van der Waals surface area contributed by atoms with Crippen LogP contribution in [0.25, 0.3) is 10.9 Å². The molecule has 4 rings (SSSR count). The van der Waals surface area contributed by atoms with Crippen molar-refractivity contribution in [3.63, 3.8) is 0 Å².